The molecule has 0 aromatic carbocycles. The zero-order chi connectivity index (χ0) is 16.9. The molecule has 24 heavy (non-hydrogen) atoms. The molecule has 0 saturated carbocycles. The van der Waals surface area contributed by atoms with Gasteiger partial charge in [-0.2, -0.15) is 0 Å². The third-order valence-electron chi connectivity index (χ3n) is 4.34. The summed E-state index contributed by atoms with van der Waals surface area (Å²) >= 11 is 0. The highest BCUT2D eigenvalue weighted by molar-refractivity contribution is 5.92. The van der Waals surface area contributed by atoms with Crippen molar-refractivity contribution in [1.29, 1.82) is 0 Å². The van der Waals surface area contributed by atoms with Crippen molar-refractivity contribution in [2.75, 3.05) is 25.0 Å². The number of amides is 1. The van der Waals surface area contributed by atoms with Crippen LogP contribution in [0.15, 0.2) is 30.5 Å². The van der Waals surface area contributed by atoms with Gasteiger partial charge in [-0.3, -0.25) is 4.79 Å². The average molecular weight is 325 g/mol. The topological polar surface area (TPSA) is 71.0 Å². The summed E-state index contributed by atoms with van der Waals surface area (Å²) in [6.07, 6.45) is 5.01. The molecule has 6 heteroatoms. The maximum atomic E-state index is 11.8. The molecule has 1 fully saturated rings. The van der Waals surface area contributed by atoms with Gasteiger partial charge in [-0.05, 0) is 50.3 Å². The number of aromatic nitrogens is 3. The first-order chi connectivity index (χ1) is 11.7. The van der Waals surface area contributed by atoms with Crippen LogP contribution in [0.25, 0.3) is 0 Å². The molecule has 1 aliphatic rings. The molecule has 0 aliphatic carbocycles. The highest BCUT2D eigenvalue weighted by Crippen LogP contribution is 2.24. The van der Waals surface area contributed by atoms with Gasteiger partial charge < -0.3 is 10.2 Å². The van der Waals surface area contributed by atoms with Crippen molar-refractivity contribution in [2.45, 2.75) is 26.2 Å². The van der Waals surface area contributed by atoms with Crippen LogP contribution in [0.3, 0.4) is 0 Å². The van der Waals surface area contributed by atoms with E-state index in [4.69, 9.17) is 0 Å². The lowest BCUT2D eigenvalue weighted by Gasteiger charge is -2.33. The van der Waals surface area contributed by atoms with Crippen molar-refractivity contribution in [1.82, 2.24) is 20.3 Å². The Bertz CT molecular complexity index is 704. The van der Waals surface area contributed by atoms with Crippen LogP contribution < -0.4 is 10.2 Å². The van der Waals surface area contributed by atoms with Crippen LogP contribution in [-0.4, -0.2) is 41.0 Å². The van der Waals surface area contributed by atoms with E-state index in [1.165, 1.54) is 6.42 Å². The molecule has 2 aromatic heterocycles. The number of hydrogen-bond acceptors (Lipinski definition) is 5. The van der Waals surface area contributed by atoms with Gasteiger partial charge in [0.2, 0.25) is 0 Å². The van der Waals surface area contributed by atoms with Gasteiger partial charge in [0.1, 0.15) is 17.3 Å². The van der Waals surface area contributed by atoms with Crippen LogP contribution >= 0.6 is 0 Å². The maximum absolute atomic E-state index is 11.8. The number of rotatable bonds is 4. The number of nitrogens with one attached hydrogen (secondary N) is 1. The Morgan fingerprint density at radius 3 is 3.00 bits per heavy atom. The SMILES string of the molecule is CNC(=O)c1cc(C[C@@H]2CCCN(c3ccccn3)C2)nc(C)n1. The molecule has 3 rings (SSSR count). The van der Waals surface area contributed by atoms with Crippen molar-refractivity contribution in [3.05, 3.63) is 47.7 Å². The number of pyridine rings is 1. The van der Waals surface area contributed by atoms with Gasteiger partial charge in [0.25, 0.3) is 5.91 Å². The second kappa shape index (κ2) is 7.38. The number of piperidine rings is 1. The molecule has 1 atom stereocenters. The Morgan fingerprint density at radius 2 is 2.25 bits per heavy atom. The van der Waals surface area contributed by atoms with E-state index in [0.29, 0.717) is 17.4 Å². The van der Waals surface area contributed by atoms with E-state index < -0.39 is 0 Å². The van der Waals surface area contributed by atoms with E-state index in [1.807, 2.05) is 31.3 Å². The van der Waals surface area contributed by atoms with Crippen LogP contribution in [0.5, 0.6) is 0 Å². The zero-order valence-corrected chi connectivity index (χ0v) is 14.2. The molecule has 0 radical (unpaired) electrons. The van der Waals surface area contributed by atoms with Crippen molar-refractivity contribution in [3.63, 3.8) is 0 Å². The van der Waals surface area contributed by atoms with E-state index in [1.54, 1.807) is 7.05 Å². The van der Waals surface area contributed by atoms with E-state index in [0.717, 1.165) is 37.4 Å². The van der Waals surface area contributed by atoms with E-state index >= 15 is 0 Å². The Kier molecular flexibility index (Phi) is 5.03. The van der Waals surface area contributed by atoms with Gasteiger partial charge in [0.05, 0.1) is 0 Å². The van der Waals surface area contributed by atoms with E-state index in [2.05, 4.69) is 31.2 Å². The Hall–Kier alpha value is -2.50. The minimum atomic E-state index is -0.166. The van der Waals surface area contributed by atoms with Crippen molar-refractivity contribution < 1.29 is 4.79 Å². The minimum Gasteiger partial charge on any atom is -0.356 e. The molecule has 1 aliphatic heterocycles. The number of nitrogens with zero attached hydrogens (tertiary/aromatic N) is 4. The molecule has 0 bridgehead atoms. The van der Waals surface area contributed by atoms with Gasteiger partial charge in [0.15, 0.2) is 0 Å². The fourth-order valence-corrected chi connectivity index (χ4v) is 3.25. The largest absolute Gasteiger partial charge is 0.356 e. The van der Waals surface area contributed by atoms with Gasteiger partial charge in [-0.1, -0.05) is 6.07 Å². The molecule has 126 valence electrons. The number of aryl methyl sites for hydroxylation is 1. The van der Waals surface area contributed by atoms with Crippen molar-refractivity contribution in [2.24, 2.45) is 5.92 Å². The van der Waals surface area contributed by atoms with Crippen molar-refractivity contribution in [3.8, 4) is 0 Å². The first-order valence-corrected chi connectivity index (χ1v) is 8.38. The fraction of sp³-hybridized carbons (Fsp3) is 0.444. The van der Waals surface area contributed by atoms with Gasteiger partial charge >= 0.3 is 0 Å². The van der Waals surface area contributed by atoms with Crippen LogP contribution in [-0.2, 0) is 6.42 Å². The molecule has 0 unspecified atom stereocenters. The Morgan fingerprint density at radius 1 is 1.38 bits per heavy atom. The van der Waals surface area contributed by atoms with Gasteiger partial charge in [-0.15, -0.1) is 0 Å². The molecule has 2 aromatic rings. The zero-order valence-electron chi connectivity index (χ0n) is 14.2. The quantitative estimate of drug-likeness (QED) is 0.931. The van der Waals surface area contributed by atoms with Crippen molar-refractivity contribution >= 4 is 11.7 Å². The average Bonchev–Trinajstić information content (AvgIpc) is 2.61. The predicted molar refractivity (Wildman–Crippen MR) is 93.0 cm³/mol. The molecular formula is C18H23N5O. The molecular weight excluding hydrogens is 302 g/mol. The standard InChI is InChI=1S/C18H23N5O/c1-13-21-15(11-16(22-13)18(24)19-2)10-14-6-5-9-23(12-14)17-7-3-4-8-20-17/h3-4,7-8,11,14H,5-6,9-10,12H2,1-2H3,(H,19,24)/t14-/m0/s1. The predicted octanol–water partition coefficient (Wildman–Crippen LogP) is 2.00. The third kappa shape index (κ3) is 3.88. The highest BCUT2D eigenvalue weighted by Gasteiger charge is 2.22. The second-order valence-electron chi connectivity index (χ2n) is 6.22. The summed E-state index contributed by atoms with van der Waals surface area (Å²) in [6.45, 7) is 3.84. The smallest absolute Gasteiger partial charge is 0.269 e. The number of anilines is 1. The Labute approximate surface area is 142 Å². The summed E-state index contributed by atoms with van der Waals surface area (Å²) in [7, 11) is 1.62. The lowest BCUT2D eigenvalue weighted by atomic mass is 9.93. The van der Waals surface area contributed by atoms with Crippen LogP contribution in [0.4, 0.5) is 5.82 Å². The number of carbonyl (C=O) groups is 1. The van der Waals surface area contributed by atoms with E-state index in [9.17, 15) is 4.79 Å². The van der Waals surface area contributed by atoms with Gasteiger partial charge in [0, 0.05) is 32.0 Å². The normalized spacial score (nSPS) is 17.6. The fourth-order valence-electron chi connectivity index (χ4n) is 3.25. The first kappa shape index (κ1) is 16.4. The molecule has 0 spiro atoms. The molecule has 3 heterocycles. The molecule has 1 saturated heterocycles. The minimum absolute atomic E-state index is 0.166. The van der Waals surface area contributed by atoms with Gasteiger partial charge in [-0.25, -0.2) is 15.0 Å². The lowest BCUT2D eigenvalue weighted by molar-refractivity contribution is 0.0957. The highest BCUT2D eigenvalue weighted by atomic mass is 16.1. The van der Waals surface area contributed by atoms with Crippen LogP contribution in [0.2, 0.25) is 0 Å². The number of carbonyl (C=O) groups excluding carboxylic acids is 1. The number of hydrogen-bond donors (Lipinski definition) is 1. The molecule has 6 nitrogen and oxygen atoms in total. The lowest BCUT2D eigenvalue weighted by Crippen LogP contribution is -2.36. The maximum Gasteiger partial charge on any atom is 0.269 e. The Balaban J connectivity index is 1.71. The summed E-state index contributed by atoms with van der Waals surface area (Å²) in [5, 5.41) is 2.62. The summed E-state index contributed by atoms with van der Waals surface area (Å²) in [4.78, 5) is 27.4. The first-order valence-electron chi connectivity index (χ1n) is 8.38. The summed E-state index contributed by atoms with van der Waals surface area (Å²) in [5.74, 6) is 2.02. The van der Waals surface area contributed by atoms with Crippen LogP contribution in [0, 0.1) is 12.8 Å². The summed E-state index contributed by atoms with van der Waals surface area (Å²) < 4.78 is 0. The summed E-state index contributed by atoms with van der Waals surface area (Å²) in [5.41, 5.74) is 1.38. The second-order valence-corrected chi connectivity index (χ2v) is 6.22. The molecule has 1 amide bonds. The molecule has 1 N–H and O–H groups in total. The summed E-state index contributed by atoms with van der Waals surface area (Å²) in [6, 6.07) is 7.83. The van der Waals surface area contributed by atoms with E-state index in [-0.39, 0.29) is 5.91 Å². The third-order valence-corrected chi connectivity index (χ3v) is 4.34. The monoisotopic (exact) mass is 325 g/mol. The van der Waals surface area contributed by atoms with Crippen LogP contribution in [0.1, 0.15) is 34.8 Å².